The number of anilines is 2. The molecule has 2 aliphatic rings. The second-order valence-corrected chi connectivity index (χ2v) is 12.1. The van der Waals surface area contributed by atoms with Gasteiger partial charge in [-0.25, -0.2) is 15.0 Å². The summed E-state index contributed by atoms with van der Waals surface area (Å²) in [4.78, 5) is 44.5. The zero-order chi connectivity index (χ0) is 32.1. The van der Waals surface area contributed by atoms with Gasteiger partial charge in [0.1, 0.15) is 17.3 Å². The Bertz CT molecular complexity index is 1490. The van der Waals surface area contributed by atoms with Crippen LogP contribution < -0.4 is 15.0 Å². The molecule has 4 heterocycles. The summed E-state index contributed by atoms with van der Waals surface area (Å²) in [7, 11) is 1.20. The molecule has 1 aromatic carbocycles. The highest BCUT2D eigenvalue weighted by molar-refractivity contribution is 7.16. The predicted molar refractivity (Wildman–Crippen MR) is 164 cm³/mol. The number of carbonyl (C=O) groups is 2. The van der Waals surface area contributed by atoms with Crippen molar-refractivity contribution in [2.24, 2.45) is 0 Å². The molecule has 0 spiro atoms. The molecule has 2 aromatic heterocycles. The van der Waals surface area contributed by atoms with Crippen LogP contribution in [0.25, 0.3) is 11.3 Å². The lowest BCUT2D eigenvalue weighted by Gasteiger charge is -2.34. The van der Waals surface area contributed by atoms with Crippen LogP contribution in [0.15, 0.2) is 30.6 Å². The number of amides is 1. The van der Waals surface area contributed by atoms with Gasteiger partial charge in [-0.2, -0.15) is 13.2 Å². The molecule has 15 heteroatoms. The minimum absolute atomic E-state index is 0.0755. The molecule has 0 radical (unpaired) electrons. The summed E-state index contributed by atoms with van der Waals surface area (Å²) < 4.78 is 46.5. The van der Waals surface area contributed by atoms with Gasteiger partial charge in [0.05, 0.1) is 37.2 Å². The van der Waals surface area contributed by atoms with Crippen molar-refractivity contribution >= 4 is 34.2 Å². The summed E-state index contributed by atoms with van der Waals surface area (Å²) in [5.74, 6) is -1.02. The van der Waals surface area contributed by atoms with Crippen molar-refractivity contribution in [3.05, 3.63) is 46.7 Å². The number of aromatic nitrogens is 3. The SMILES string of the molecule is CC[C@@H]1CCCN1Cc1sc(NC(=O)c2cnc(N3CCN(CCC(=O)O)CC3)cn2)nc1-c1ccc(OC)c(C(F)(F)F)c1. The van der Waals surface area contributed by atoms with Crippen LogP contribution in [0.2, 0.25) is 0 Å². The number of carboxylic acid groups (broad SMARTS) is 1. The fraction of sp³-hybridized carbons (Fsp3) is 0.500. The predicted octanol–water partition coefficient (Wildman–Crippen LogP) is 4.85. The van der Waals surface area contributed by atoms with E-state index in [2.05, 4.69) is 37.0 Å². The maximum absolute atomic E-state index is 13.8. The molecule has 2 N–H and O–H groups in total. The van der Waals surface area contributed by atoms with E-state index in [1.807, 2.05) is 4.90 Å². The van der Waals surface area contributed by atoms with Crippen molar-refractivity contribution in [3.8, 4) is 17.0 Å². The van der Waals surface area contributed by atoms with E-state index in [0.29, 0.717) is 56.8 Å². The van der Waals surface area contributed by atoms with Gasteiger partial charge in [0.25, 0.3) is 5.91 Å². The molecule has 0 aliphatic carbocycles. The number of hydrogen-bond acceptors (Lipinski definition) is 10. The molecule has 2 aliphatic heterocycles. The van der Waals surface area contributed by atoms with E-state index in [1.165, 1.54) is 36.9 Å². The summed E-state index contributed by atoms with van der Waals surface area (Å²) in [6.45, 7) is 6.70. The number of benzene rings is 1. The number of likely N-dealkylation sites (tertiary alicyclic amines) is 1. The van der Waals surface area contributed by atoms with Crippen LogP contribution in [-0.2, 0) is 17.5 Å². The molecule has 0 bridgehead atoms. The smallest absolute Gasteiger partial charge is 0.419 e. The minimum atomic E-state index is -4.62. The van der Waals surface area contributed by atoms with Crippen LogP contribution in [0, 0.1) is 0 Å². The molecule has 0 saturated carbocycles. The maximum Gasteiger partial charge on any atom is 0.419 e. The first-order valence-corrected chi connectivity index (χ1v) is 15.7. The molecular formula is C30H36F3N7O4S. The number of alkyl halides is 3. The Balaban J connectivity index is 1.33. The highest BCUT2D eigenvalue weighted by Gasteiger charge is 2.35. The topological polar surface area (TPSA) is 124 Å². The molecule has 2 fully saturated rings. The van der Waals surface area contributed by atoms with E-state index in [0.717, 1.165) is 36.8 Å². The Kier molecular flexibility index (Phi) is 10.2. The van der Waals surface area contributed by atoms with Gasteiger partial charge in [-0.15, -0.1) is 0 Å². The highest BCUT2D eigenvalue weighted by atomic mass is 32.1. The van der Waals surface area contributed by atoms with Gasteiger partial charge in [-0.3, -0.25) is 24.7 Å². The lowest BCUT2D eigenvalue weighted by Crippen LogP contribution is -2.47. The van der Waals surface area contributed by atoms with Gasteiger partial charge >= 0.3 is 12.1 Å². The van der Waals surface area contributed by atoms with E-state index >= 15 is 0 Å². The molecule has 11 nitrogen and oxygen atoms in total. The molecule has 0 unspecified atom stereocenters. The first-order valence-electron chi connectivity index (χ1n) is 14.9. The number of ether oxygens (including phenoxy) is 1. The van der Waals surface area contributed by atoms with E-state index in [-0.39, 0.29) is 28.6 Å². The van der Waals surface area contributed by atoms with Crippen LogP contribution in [0.1, 0.15) is 53.5 Å². The Hall–Kier alpha value is -3.82. The summed E-state index contributed by atoms with van der Waals surface area (Å²) in [5, 5.41) is 11.9. The van der Waals surface area contributed by atoms with E-state index in [1.54, 1.807) is 6.07 Å². The third kappa shape index (κ3) is 7.89. The van der Waals surface area contributed by atoms with Crippen molar-refractivity contribution < 1.29 is 32.6 Å². The Labute approximate surface area is 263 Å². The largest absolute Gasteiger partial charge is 0.496 e. The first-order chi connectivity index (χ1) is 21.5. The zero-order valence-corrected chi connectivity index (χ0v) is 26.0. The van der Waals surface area contributed by atoms with Crippen LogP contribution in [0.3, 0.4) is 0 Å². The number of piperazine rings is 1. The highest BCUT2D eigenvalue weighted by Crippen LogP contribution is 2.41. The van der Waals surface area contributed by atoms with Gasteiger partial charge in [-0.1, -0.05) is 18.3 Å². The summed E-state index contributed by atoms with van der Waals surface area (Å²) in [5.41, 5.74) is -0.147. The van der Waals surface area contributed by atoms with Gasteiger partial charge < -0.3 is 14.7 Å². The second-order valence-electron chi connectivity index (χ2n) is 11.1. The molecule has 5 rings (SSSR count). The first kappa shape index (κ1) is 32.6. The number of rotatable bonds is 11. The molecule has 242 valence electrons. The number of methoxy groups -OCH3 is 1. The van der Waals surface area contributed by atoms with Crippen molar-refractivity contribution in [1.82, 2.24) is 24.8 Å². The molecule has 1 amide bonds. The maximum atomic E-state index is 13.8. The summed E-state index contributed by atoms with van der Waals surface area (Å²) >= 11 is 1.24. The number of nitrogens with one attached hydrogen (secondary N) is 1. The third-order valence-electron chi connectivity index (χ3n) is 8.22. The normalized spacial score (nSPS) is 17.9. The van der Waals surface area contributed by atoms with Crippen LogP contribution in [-0.4, -0.2) is 94.2 Å². The number of hydrogen-bond donors (Lipinski definition) is 2. The lowest BCUT2D eigenvalue weighted by atomic mass is 10.1. The van der Waals surface area contributed by atoms with Crippen LogP contribution in [0.4, 0.5) is 24.1 Å². The fourth-order valence-corrected chi connectivity index (χ4v) is 6.79. The Morgan fingerprint density at radius 3 is 2.56 bits per heavy atom. The second kappa shape index (κ2) is 14.1. The molecule has 45 heavy (non-hydrogen) atoms. The van der Waals surface area contributed by atoms with E-state index < -0.39 is 23.6 Å². The summed E-state index contributed by atoms with van der Waals surface area (Å²) in [6.07, 6.45) is 1.46. The van der Waals surface area contributed by atoms with Gasteiger partial charge in [0.2, 0.25) is 0 Å². The van der Waals surface area contributed by atoms with Crippen molar-refractivity contribution in [1.29, 1.82) is 0 Å². The quantitative estimate of drug-likeness (QED) is 0.299. The van der Waals surface area contributed by atoms with Gasteiger partial charge in [0.15, 0.2) is 5.13 Å². The van der Waals surface area contributed by atoms with Crippen LogP contribution in [0.5, 0.6) is 5.75 Å². The summed E-state index contributed by atoms with van der Waals surface area (Å²) in [6, 6.07) is 4.26. The fourth-order valence-electron chi connectivity index (χ4n) is 5.78. The Morgan fingerprint density at radius 2 is 1.91 bits per heavy atom. The minimum Gasteiger partial charge on any atom is -0.496 e. The standard InChI is InChI=1S/C30H36F3N7O4S/c1-3-20-5-4-9-40(20)18-24-27(19-6-7-23(44-2)21(15-19)30(31,32)33)36-29(45-24)37-28(43)22-16-35-25(17-34-22)39-13-11-38(12-14-39)10-8-26(41)42/h6-7,15-17,20H,3-5,8-14,18H2,1-2H3,(H,41,42)(H,36,37,43)/t20-/m1/s1. The number of aliphatic carboxylic acids is 1. The van der Waals surface area contributed by atoms with Crippen molar-refractivity contribution in [3.63, 3.8) is 0 Å². The third-order valence-corrected chi connectivity index (χ3v) is 9.18. The molecule has 1 atom stereocenters. The van der Waals surface area contributed by atoms with Gasteiger partial charge in [0, 0.05) is 55.8 Å². The average Bonchev–Trinajstić information content (AvgIpc) is 3.66. The molecular weight excluding hydrogens is 611 g/mol. The monoisotopic (exact) mass is 647 g/mol. The van der Waals surface area contributed by atoms with Crippen molar-refractivity contribution in [2.75, 3.05) is 56.6 Å². The average molecular weight is 648 g/mol. The van der Waals surface area contributed by atoms with E-state index in [4.69, 9.17) is 9.84 Å². The van der Waals surface area contributed by atoms with Gasteiger partial charge in [-0.05, 0) is 44.0 Å². The lowest BCUT2D eigenvalue weighted by molar-refractivity contribution is -0.139. The van der Waals surface area contributed by atoms with Crippen molar-refractivity contribution in [2.45, 2.75) is 51.4 Å². The number of thiazole rings is 1. The number of halogens is 3. The number of nitrogens with zero attached hydrogens (tertiary/aromatic N) is 6. The van der Waals surface area contributed by atoms with Crippen LogP contribution >= 0.6 is 11.3 Å². The Morgan fingerprint density at radius 1 is 1.13 bits per heavy atom. The number of carbonyl (C=O) groups excluding carboxylic acids is 1. The molecule has 3 aromatic rings. The molecule has 2 saturated heterocycles. The number of carboxylic acids is 1. The zero-order valence-electron chi connectivity index (χ0n) is 25.1. The van der Waals surface area contributed by atoms with E-state index in [9.17, 15) is 22.8 Å².